The quantitative estimate of drug-likeness (QED) is 0.803. The third-order valence-electron chi connectivity index (χ3n) is 1.68. The highest BCUT2D eigenvalue weighted by Crippen LogP contribution is 2.00. The Morgan fingerprint density at radius 1 is 1.71 bits per heavy atom. The lowest BCUT2D eigenvalue weighted by Crippen LogP contribution is -2.37. The van der Waals surface area contributed by atoms with Gasteiger partial charge in [0, 0.05) is 6.20 Å². The highest BCUT2D eigenvalue weighted by atomic mass is 79.9. The maximum absolute atomic E-state index is 11.4. The van der Waals surface area contributed by atoms with Crippen LogP contribution in [-0.4, -0.2) is 21.7 Å². The van der Waals surface area contributed by atoms with Crippen LogP contribution in [0, 0.1) is 0 Å². The molecule has 0 bridgehead atoms. The number of nitrogens with zero attached hydrogens (tertiary/aromatic N) is 1. The number of aromatic nitrogens is 1. The maximum atomic E-state index is 11.4. The van der Waals surface area contributed by atoms with Gasteiger partial charge >= 0.3 is 5.97 Å². The lowest BCUT2D eigenvalue weighted by Gasteiger charge is -2.08. The molecule has 0 aliphatic rings. The average molecular weight is 261 g/mol. The van der Waals surface area contributed by atoms with E-state index < -0.39 is 12.0 Å². The van der Waals surface area contributed by atoms with Gasteiger partial charge in [0.05, 0.1) is 11.0 Å². The highest BCUT2D eigenvalue weighted by Gasteiger charge is 2.12. The van der Waals surface area contributed by atoms with E-state index in [9.17, 15) is 9.59 Å². The number of carboxylic acid groups (broad SMARTS) is 1. The van der Waals surface area contributed by atoms with Crippen LogP contribution in [0.15, 0.2) is 27.6 Å². The van der Waals surface area contributed by atoms with Crippen LogP contribution < -0.4 is 11.3 Å². The monoisotopic (exact) mass is 260 g/mol. The third-order valence-corrected chi connectivity index (χ3v) is 2.29. The zero-order valence-corrected chi connectivity index (χ0v) is 8.77. The third kappa shape index (κ3) is 2.43. The van der Waals surface area contributed by atoms with Crippen LogP contribution in [0.3, 0.4) is 0 Å². The summed E-state index contributed by atoms with van der Waals surface area (Å²) in [6, 6.07) is 2.16. The van der Waals surface area contributed by atoms with Crippen molar-refractivity contribution in [1.82, 2.24) is 4.57 Å². The van der Waals surface area contributed by atoms with Gasteiger partial charge < -0.3 is 15.4 Å². The second-order valence-electron chi connectivity index (χ2n) is 2.76. The molecule has 0 fully saturated rings. The molecular formula is C8H9BrN2O3. The van der Waals surface area contributed by atoms with Crippen molar-refractivity contribution in [3.63, 3.8) is 0 Å². The van der Waals surface area contributed by atoms with E-state index >= 15 is 0 Å². The van der Waals surface area contributed by atoms with Crippen LogP contribution >= 0.6 is 15.9 Å². The molecule has 0 saturated carbocycles. The van der Waals surface area contributed by atoms with Gasteiger partial charge in [-0.1, -0.05) is 0 Å². The van der Waals surface area contributed by atoms with Crippen molar-refractivity contribution >= 4 is 21.9 Å². The van der Waals surface area contributed by atoms with Crippen molar-refractivity contribution < 1.29 is 9.90 Å². The Bertz CT molecular complexity index is 402. The van der Waals surface area contributed by atoms with E-state index in [1.165, 1.54) is 10.8 Å². The molecule has 6 heteroatoms. The molecule has 76 valence electrons. The van der Waals surface area contributed by atoms with Crippen molar-refractivity contribution in [3.8, 4) is 0 Å². The molecule has 3 N–H and O–H groups in total. The number of carbonyl (C=O) groups is 1. The molecule has 0 saturated heterocycles. The molecule has 0 amide bonds. The summed E-state index contributed by atoms with van der Waals surface area (Å²) in [5.41, 5.74) is 5.01. The Labute approximate surface area is 88.3 Å². The van der Waals surface area contributed by atoms with E-state index in [1.807, 2.05) is 0 Å². The van der Waals surface area contributed by atoms with Crippen molar-refractivity contribution in [2.24, 2.45) is 5.73 Å². The molecule has 0 aliphatic carbocycles. The van der Waals surface area contributed by atoms with Gasteiger partial charge in [-0.3, -0.25) is 9.59 Å². The van der Waals surface area contributed by atoms with E-state index in [1.54, 1.807) is 12.1 Å². The Morgan fingerprint density at radius 3 is 2.93 bits per heavy atom. The number of nitrogens with two attached hydrogens (primary N) is 1. The summed E-state index contributed by atoms with van der Waals surface area (Å²) >= 11 is 3.05. The number of carboxylic acids is 1. The van der Waals surface area contributed by atoms with E-state index in [-0.39, 0.29) is 12.1 Å². The predicted molar refractivity (Wildman–Crippen MR) is 54.0 cm³/mol. The minimum absolute atomic E-state index is 0.0341. The summed E-state index contributed by atoms with van der Waals surface area (Å²) < 4.78 is 1.64. The maximum Gasteiger partial charge on any atom is 0.322 e. The lowest BCUT2D eigenvalue weighted by molar-refractivity contribution is -0.138. The lowest BCUT2D eigenvalue weighted by atomic mass is 10.3. The Hall–Kier alpha value is -1.14. The second kappa shape index (κ2) is 4.39. The molecule has 1 rings (SSSR count). The molecule has 1 unspecified atom stereocenters. The molecule has 0 aliphatic heterocycles. The number of halogens is 1. The summed E-state index contributed by atoms with van der Waals surface area (Å²) in [6.45, 7) is -0.0341. The van der Waals surface area contributed by atoms with Crippen LogP contribution in [0.5, 0.6) is 0 Å². The average Bonchev–Trinajstić information content (AvgIpc) is 2.12. The van der Waals surface area contributed by atoms with Gasteiger partial charge in [-0.25, -0.2) is 0 Å². The van der Waals surface area contributed by atoms with Crippen LogP contribution in [0.1, 0.15) is 0 Å². The summed E-state index contributed by atoms with van der Waals surface area (Å²) in [5, 5.41) is 8.55. The molecule has 0 radical (unpaired) electrons. The molecule has 0 aromatic carbocycles. The van der Waals surface area contributed by atoms with Gasteiger partial charge in [0.15, 0.2) is 0 Å². The standard InChI is InChI=1S/C8H9BrN2O3/c9-5-2-1-3-11(7(5)12)4-6(10)8(13)14/h1-3,6H,4,10H2,(H,13,14). The van der Waals surface area contributed by atoms with Crippen LogP contribution in [0.4, 0.5) is 0 Å². The van der Waals surface area contributed by atoms with Crippen molar-refractivity contribution in [2.75, 3.05) is 0 Å². The number of aliphatic carboxylic acids is 1. The first-order chi connectivity index (χ1) is 6.52. The van der Waals surface area contributed by atoms with E-state index in [2.05, 4.69) is 15.9 Å². The van der Waals surface area contributed by atoms with E-state index in [0.29, 0.717) is 4.47 Å². The van der Waals surface area contributed by atoms with Crippen molar-refractivity contribution in [2.45, 2.75) is 12.6 Å². The first-order valence-electron chi connectivity index (χ1n) is 3.85. The number of rotatable bonds is 3. The van der Waals surface area contributed by atoms with Crippen LogP contribution in [-0.2, 0) is 11.3 Å². The second-order valence-corrected chi connectivity index (χ2v) is 3.61. The van der Waals surface area contributed by atoms with Gasteiger partial charge in [-0.15, -0.1) is 0 Å². The smallest absolute Gasteiger partial charge is 0.322 e. The predicted octanol–water partition coefficient (Wildman–Crippen LogP) is 0.0227. The van der Waals surface area contributed by atoms with Gasteiger partial charge in [-0.05, 0) is 28.1 Å². The van der Waals surface area contributed by atoms with Crippen LogP contribution in [0.25, 0.3) is 0 Å². The SMILES string of the molecule is NC(Cn1cccc(Br)c1=O)C(=O)O. The molecule has 1 heterocycles. The number of hydrogen-bond acceptors (Lipinski definition) is 3. The van der Waals surface area contributed by atoms with Gasteiger partial charge in [-0.2, -0.15) is 0 Å². The summed E-state index contributed by atoms with van der Waals surface area (Å²) in [5.74, 6) is -1.13. The fraction of sp³-hybridized carbons (Fsp3) is 0.250. The summed E-state index contributed by atoms with van der Waals surface area (Å²) in [7, 11) is 0. The Morgan fingerprint density at radius 2 is 2.36 bits per heavy atom. The fourth-order valence-electron chi connectivity index (χ4n) is 0.941. The molecule has 14 heavy (non-hydrogen) atoms. The van der Waals surface area contributed by atoms with Gasteiger partial charge in [0.1, 0.15) is 6.04 Å². The van der Waals surface area contributed by atoms with Gasteiger partial charge in [0.25, 0.3) is 5.56 Å². The minimum atomic E-state index is -1.13. The topological polar surface area (TPSA) is 85.3 Å². The Kier molecular flexibility index (Phi) is 3.43. The summed E-state index contributed by atoms with van der Waals surface area (Å²) in [6.07, 6.45) is 1.50. The molecule has 5 nitrogen and oxygen atoms in total. The highest BCUT2D eigenvalue weighted by molar-refractivity contribution is 9.10. The van der Waals surface area contributed by atoms with Crippen molar-refractivity contribution in [1.29, 1.82) is 0 Å². The van der Waals surface area contributed by atoms with Crippen molar-refractivity contribution in [3.05, 3.63) is 33.2 Å². The summed E-state index contributed by atoms with van der Waals surface area (Å²) in [4.78, 5) is 21.8. The normalized spacial score (nSPS) is 12.4. The molecule has 0 spiro atoms. The van der Waals surface area contributed by atoms with Gasteiger partial charge in [0.2, 0.25) is 0 Å². The van der Waals surface area contributed by atoms with E-state index in [0.717, 1.165) is 0 Å². The largest absolute Gasteiger partial charge is 0.480 e. The first kappa shape index (κ1) is 10.9. The van der Waals surface area contributed by atoms with E-state index in [4.69, 9.17) is 10.8 Å². The molecular weight excluding hydrogens is 252 g/mol. The molecule has 1 aromatic heterocycles. The Balaban J connectivity index is 2.93. The zero-order chi connectivity index (χ0) is 10.7. The molecule has 1 atom stereocenters. The fourth-order valence-corrected chi connectivity index (χ4v) is 1.32. The number of hydrogen-bond donors (Lipinski definition) is 2. The number of pyridine rings is 1. The van der Waals surface area contributed by atoms with Crippen LogP contribution in [0.2, 0.25) is 0 Å². The first-order valence-corrected chi connectivity index (χ1v) is 4.65. The molecule has 1 aromatic rings. The minimum Gasteiger partial charge on any atom is -0.480 e. The zero-order valence-electron chi connectivity index (χ0n) is 7.18.